The molecule has 4 aromatic heterocycles. The van der Waals surface area contributed by atoms with Crippen molar-refractivity contribution in [1.29, 1.82) is 0 Å². The van der Waals surface area contributed by atoms with Crippen molar-refractivity contribution in [2.45, 2.75) is 0 Å². The zero-order valence-electron chi connectivity index (χ0n) is 20.9. The van der Waals surface area contributed by atoms with E-state index in [-0.39, 0.29) is 0 Å². The van der Waals surface area contributed by atoms with Crippen molar-refractivity contribution in [3.63, 3.8) is 0 Å². The van der Waals surface area contributed by atoms with Crippen molar-refractivity contribution in [3.8, 4) is 33.9 Å². The average Bonchev–Trinajstić information content (AvgIpc) is 3.41. The number of aromatic nitrogens is 5. The molecule has 0 amide bonds. The highest BCUT2D eigenvalue weighted by Gasteiger charge is 2.16. The fourth-order valence-electron chi connectivity index (χ4n) is 5.43. The molecule has 0 spiro atoms. The average molecular weight is 500 g/mol. The summed E-state index contributed by atoms with van der Waals surface area (Å²) < 4.78 is 2.23. The van der Waals surface area contributed by atoms with Gasteiger partial charge in [0.25, 0.3) is 0 Å². The van der Waals surface area contributed by atoms with Crippen LogP contribution in [0.1, 0.15) is 0 Å². The van der Waals surface area contributed by atoms with Gasteiger partial charge in [0.05, 0.1) is 27.9 Å². The second kappa shape index (κ2) is 8.57. The molecule has 39 heavy (non-hydrogen) atoms. The van der Waals surface area contributed by atoms with Crippen LogP contribution in [0, 0.1) is 0 Å². The lowest BCUT2D eigenvalue weighted by Gasteiger charge is -2.10. The minimum atomic E-state index is 0.679. The quantitative estimate of drug-likeness (QED) is 0.231. The van der Waals surface area contributed by atoms with Crippen molar-refractivity contribution in [1.82, 2.24) is 24.3 Å². The van der Waals surface area contributed by atoms with Crippen LogP contribution in [0.2, 0.25) is 0 Å². The maximum absolute atomic E-state index is 5.04. The molecule has 0 atom stereocenters. The Morgan fingerprint density at radius 2 is 1.18 bits per heavy atom. The van der Waals surface area contributed by atoms with Crippen LogP contribution in [0.3, 0.4) is 0 Å². The van der Waals surface area contributed by atoms with Gasteiger partial charge in [-0.1, -0.05) is 78.9 Å². The third-order valence-electron chi connectivity index (χ3n) is 7.28. The van der Waals surface area contributed by atoms with Gasteiger partial charge in [0.1, 0.15) is 5.65 Å². The number of benzene rings is 4. The van der Waals surface area contributed by atoms with Gasteiger partial charge in [0.2, 0.25) is 0 Å². The van der Waals surface area contributed by atoms with Gasteiger partial charge in [-0.05, 0) is 41.8 Å². The largest absolute Gasteiger partial charge is 0.292 e. The van der Waals surface area contributed by atoms with Crippen molar-refractivity contribution in [2.75, 3.05) is 0 Å². The molecule has 5 heteroatoms. The highest BCUT2D eigenvalue weighted by atomic mass is 15.0. The molecule has 0 saturated heterocycles. The molecular weight excluding hydrogens is 478 g/mol. The summed E-state index contributed by atoms with van der Waals surface area (Å²) in [6.45, 7) is 0. The summed E-state index contributed by atoms with van der Waals surface area (Å²) in [4.78, 5) is 19.5. The topological polar surface area (TPSA) is 56.0 Å². The Morgan fingerprint density at radius 1 is 0.487 bits per heavy atom. The number of pyridine rings is 2. The number of fused-ring (bicyclic) bond motifs is 8. The van der Waals surface area contributed by atoms with Crippen molar-refractivity contribution in [2.24, 2.45) is 0 Å². The Labute approximate surface area is 224 Å². The Balaban J connectivity index is 1.41. The highest BCUT2D eigenvalue weighted by molar-refractivity contribution is 6.13. The minimum Gasteiger partial charge on any atom is -0.292 e. The first kappa shape index (κ1) is 21.6. The molecule has 0 fully saturated rings. The normalized spacial score (nSPS) is 11.6. The fraction of sp³-hybridized carbons (Fsp3) is 0. The number of nitrogens with zero attached hydrogens (tertiary/aromatic N) is 5. The zero-order valence-corrected chi connectivity index (χ0v) is 20.9. The third-order valence-corrected chi connectivity index (χ3v) is 7.28. The van der Waals surface area contributed by atoms with E-state index in [1.807, 2.05) is 48.8 Å². The van der Waals surface area contributed by atoms with Crippen LogP contribution >= 0.6 is 0 Å². The van der Waals surface area contributed by atoms with E-state index in [2.05, 4.69) is 88.2 Å². The summed E-state index contributed by atoms with van der Waals surface area (Å²) in [5, 5.41) is 3.35. The Morgan fingerprint density at radius 3 is 1.92 bits per heavy atom. The van der Waals surface area contributed by atoms with E-state index in [1.165, 1.54) is 5.39 Å². The van der Waals surface area contributed by atoms with E-state index in [0.717, 1.165) is 61.0 Å². The van der Waals surface area contributed by atoms with Gasteiger partial charge >= 0.3 is 0 Å². The smallest absolute Gasteiger partial charge is 0.160 e. The molecule has 0 saturated carbocycles. The molecule has 0 bridgehead atoms. The lowest BCUT2D eigenvalue weighted by atomic mass is 10.1. The lowest BCUT2D eigenvalue weighted by Crippen LogP contribution is -1.96. The molecule has 0 N–H and O–H groups in total. The lowest BCUT2D eigenvalue weighted by molar-refractivity contribution is 1.18. The molecule has 4 aromatic carbocycles. The second-order valence-electron chi connectivity index (χ2n) is 9.61. The SMILES string of the molecule is c1ccc(-c2cc(-c3ccccc3)nc(-c3ccc4nc5c6cnccc6c6ccccc6n5c4c3)n2)cc1. The van der Waals surface area contributed by atoms with E-state index in [0.29, 0.717) is 5.82 Å². The number of imidazole rings is 1. The Kier molecular flexibility index (Phi) is 4.76. The maximum Gasteiger partial charge on any atom is 0.160 e. The van der Waals surface area contributed by atoms with Crippen LogP contribution in [0.25, 0.3) is 72.3 Å². The highest BCUT2D eigenvalue weighted by Crippen LogP contribution is 2.34. The molecule has 0 aliphatic carbocycles. The number of rotatable bonds is 3. The monoisotopic (exact) mass is 499 g/mol. The molecule has 5 nitrogen and oxygen atoms in total. The first-order chi connectivity index (χ1) is 19.3. The molecule has 4 heterocycles. The summed E-state index contributed by atoms with van der Waals surface area (Å²) in [6, 6.07) is 39.4. The molecule has 0 aliphatic heterocycles. The van der Waals surface area contributed by atoms with E-state index < -0.39 is 0 Å². The zero-order chi connectivity index (χ0) is 25.8. The van der Waals surface area contributed by atoms with Crippen LogP contribution in [0.15, 0.2) is 128 Å². The first-order valence-electron chi connectivity index (χ1n) is 12.9. The van der Waals surface area contributed by atoms with Gasteiger partial charge in [-0.15, -0.1) is 0 Å². The van der Waals surface area contributed by atoms with Gasteiger partial charge in [-0.3, -0.25) is 9.38 Å². The fourth-order valence-corrected chi connectivity index (χ4v) is 5.43. The standard InChI is InChI=1S/C34H21N5/c1-3-9-22(10-4-1)29-20-30(23-11-5-2-6-12-23)37-33(36-29)24-15-16-28-32(19-24)39-31-14-8-7-13-26(31)25-17-18-35-21-27(25)34(39)38-28/h1-21H. The van der Waals surface area contributed by atoms with Gasteiger partial charge in [-0.25, -0.2) is 15.0 Å². The van der Waals surface area contributed by atoms with E-state index >= 15 is 0 Å². The van der Waals surface area contributed by atoms with Gasteiger partial charge in [0, 0.05) is 39.9 Å². The predicted octanol–water partition coefficient (Wildman–Crippen LogP) is 7.98. The van der Waals surface area contributed by atoms with Crippen LogP contribution in [-0.4, -0.2) is 24.3 Å². The van der Waals surface area contributed by atoms with Gasteiger partial charge < -0.3 is 0 Å². The molecule has 0 radical (unpaired) electrons. The van der Waals surface area contributed by atoms with Crippen LogP contribution in [0.4, 0.5) is 0 Å². The predicted molar refractivity (Wildman–Crippen MR) is 157 cm³/mol. The van der Waals surface area contributed by atoms with Crippen molar-refractivity contribution in [3.05, 3.63) is 128 Å². The molecular formula is C34H21N5. The molecule has 0 unspecified atom stereocenters. The summed E-state index contributed by atoms with van der Waals surface area (Å²) in [5.74, 6) is 0.679. The second-order valence-corrected chi connectivity index (χ2v) is 9.61. The van der Waals surface area contributed by atoms with E-state index in [1.54, 1.807) is 0 Å². The van der Waals surface area contributed by atoms with Crippen LogP contribution < -0.4 is 0 Å². The van der Waals surface area contributed by atoms with Crippen LogP contribution in [-0.2, 0) is 0 Å². The summed E-state index contributed by atoms with van der Waals surface area (Å²) in [7, 11) is 0. The Bertz CT molecular complexity index is 2110. The number of hydrogen-bond acceptors (Lipinski definition) is 4. The van der Waals surface area contributed by atoms with Crippen molar-refractivity contribution < 1.29 is 0 Å². The molecule has 8 aromatic rings. The summed E-state index contributed by atoms with van der Waals surface area (Å²) in [6.07, 6.45) is 3.75. The Hall–Kier alpha value is -5.42. The number of para-hydroxylation sites is 1. The van der Waals surface area contributed by atoms with E-state index in [4.69, 9.17) is 15.0 Å². The first-order valence-corrected chi connectivity index (χ1v) is 12.9. The van der Waals surface area contributed by atoms with E-state index in [9.17, 15) is 0 Å². The minimum absolute atomic E-state index is 0.679. The molecule has 8 rings (SSSR count). The molecule has 0 aliphatic rings. The molecule has 182 valence electrons. The third kappa shape index (κ3) is 3.48. The summed E-state index contributed by atoms with van der Waals surface area (Å²) in [5.41, 5.74) is 8.76. The summed E-state index contributed by atoms with van der Waals surface area (Å²) >= 11 is 0. The maximum atomic E-state index is 5.04. The van der Waals surface area contributed by atoms with Crippen molar-refractivity contribution >= 4 is 38.4 Å². The van der Waals surface area contributed by atoms with Crippen LogP contribution in [0.5, 0.6) is 0 Å². The number of hydrogen-bond donors (Lipinski definition) is 0. The van der Waals surface area contributed by atoms with Gasteiger partial charge in [-0.2, -0.15) is 0 Å². The van der Waals surface area contributed by atoms with Gasteiger partial charge in [0.15, 0.2) is 5.82 Å².